The number of unbranched alkanes of at least 4 members (excludes halogenated alkanes) is 1. The fourth-order valence-corrected chi connectivity index (χ4v) is 4.21. The molecule has 0 atom stereocenters. The second-order valence-electron chi connectivity index (χ2n) is 12.4. The second kappa shape index (κ2) is 30.4. The number of allylic oxidation sites excluding steroid dienone is 1. The molecule has 0 saturated carbocycles. The molecule has 0 bridgehead atoms. The number of nitrogens with one attached hydrogen (secondary N) is 2. The van der Waals surface area contributed by atoms with Gasteiger partial charge in [0.05, 0.1) is 106 Å². The van der Waals surface area contributed by atoms with Crippen molar-refractivity contribution in [2.75, 3.05) is 125 Å². The van der Waals surface area contributed by atoms with Crippen LogP contribution in [-0.4, -0.2) is 148 Å². The Hall–Kier alpha value is -2.43. The van der Waals surface area contributed by atoms with Crippen LogP contribution in [0.2, 0.25) is 0 Å². The zero-order chi connectivity index (χ0) is 35.8. The number of hydrogen-bond donors (Lipinski definition) is 2. The highest BCUT2D eigenvalue weighted by molar-refractivity contribution is 5.93. The van der Waals surface area contributed by atoms with E-state index in [9.17, 15) is 14.4 Å². The topological polar surface area (TPSA) is 152 Å². The summed E-state index contributed by atoms with van der Waals surface area (Å²) in [6.45, 7) is 19.1. The van der Waals surface area contributed by atoms with Crippen LogP contribution in [0.3, 0.4) is 0 Å². The Labute approximate surface area is 293 Å². The van der Waals surface area contributed by atoms with Gasteiger partial charge in [0, 0.05) is 44.2 Å². The minimum atomic E-state index is -0.147. The lowest BCUT2D eigenvalue weighted by molar-refractivity contribution is -0.125. The molecule has 0 radical (unpaired) electrons. The first kappa shape index (κ1) is 44.6. The molecule has 1 heterocycles. The maximum Gasteiger partial charge on any atom is 0.251 e. The van der Waals surface area contributed by atoms with E-state index < -0.39 is 0 Å². The van der Waals surface area contributed by atoms with Gasteiger partial charge < -0.3 is 53.4 Å². The average molecular weight is 702 g/mol. The summed E-state index contributed by atoms with van der Waals surface area (Å²) in [6.07, 6.45) is 6.95. The Balaban J connectivity index is 1.68. The number of rotatable bonds is 34. The van der Waals surface area contributed by atoms with Gasteiger partial charge in [-0.25, -0.2) is 0 Å². The molecule has 0 aromatic rings. The van der Waals surface area contributed by atoms with Crippen LogP contribution in [0.25, 0.3) is 0 Å². The Morgan fingerprint density at radius 2 is 1.00 bits per heavy atom. The fraction of sp³-hybridized carbons (Fsp3) is 0.800. The Kier molecular flexibility index (Phi) is 27.7. The third-order valence-corrected chi connectivity index (χ3v) is 6.92. The van der Waals surface area contributed by atoms with Crippen LogP contribution < -0.4 is 10.6 Å². The number of amides is 3. The first-order valence-corrected chi connectivity index (χ1v) is 17.5. The van der Waals surface area contributed by atoms with Gasteiger partial charge in [0.2, 0.25) is 11.8 Å². The summed E-state index contributed by atoms with van der Waals surface area (Å²) in [5.41, 5.74) is 0.945. The Bertz CT molecular complexity index is 894. The zero-order valence-corrected chi connectivity index (χ0v) is 30.3. The van der Waals surface area contributed by atoms with Crippen molar-refractivity contribution >= 4 is 17.7 Å². The van der Waals surface area contributed by atoms with Crippen molar-refractivity contribution in [3.63, 3.8) is 0 Å². The minimum absolute atomic E-state index is 0.0279. The van der Waals surface area contributed by atoms with Gasteiger partial charge in [-0.15, -0.1) is 0 Å². The third kappa shape index (κ3) is 29.1. The number of nitrogens with zero attached hydrogens (tertiary/aromatic N) is 1. The molecule has 0 aromatic carbocycles. The summed E-state index contributed by atoms with van der Waals surface area (Å²) in [5.74, 6) is -0.262. The van der Waals surface area contributed by atoms with Crippen molar-refractivity contribution in [3.8, 4) is 0 Å². The molecule has 0 aliphatic carbocycles. The van der Waals surface area contributed by atoms with E-state index in [0.717, 1.165) is 25.8 Å². The summed E-state index contributed by atoms with van der Waals surface area (Å²) < 4.78 is 43.7. The largest absolute Gasteiger partial charge is 0.379 e. The highest BCUT2D eigenvalue weighted by Gasteiger charge is 2.19. The van der Waals surface area contributed by atoms with Gasteiger partial charge in [-0.1, -0.05) is 33.8 Å². The zero-order valence-electron chi connectivity index (χ0n) is 30.3. The molecule has 284 valence electrons. The molecule has 2 N–H and O–H groups in total. The van der Waals surface area contributed by atoms with E-state index in [-0.39, 0.29) is 24.1 Å². The van der Waals surface area contributed by atoms with Crippen LogP contribution in [0.5, 0.6) is 0 Å². The minimum Gasteiger partial charge on any atom is -0.379 e. The number of carbonyl (C=O) groups is 3. The molecule has 3 amide bonds. The summed E-state index contributed by atoms with van der Waals surface area (Å²) in [7, 11) is 0. The molecule has 49 heavy (non-hydrogen) atoms. The van der Waals surface area contributed by atoms with E-state index in [1.165, 1.54) is 11.0 Å². The molecule has 1 aliphatic rings. The van der Waals surface area contributed by atoms with E-state index in [1.807, 2.05) is 0 Å². The maximum absolute atomic E-state index is 11.9. The summed E-state index contributed by atoms with van der Waals surface area (Å²) in [6, 6.07) is 0. The van der Waals surface area contributed by atoms with E-state index in [2.05, 4.69) is 38.0 Å². The first-order chi connectivity index (χ1) is 23.7. The first-order valence-electron chi connectivity index (χ1n) is 17.5. The van der Waals surface area contributed by atoms with E-state index in [1.54, 1.807) is 6.08 Å². The van der Waals surface area contributed by atoms with Gasteiger partial charge >= 0.3 is 0 Å². The number of ether oxygens (including phenoxy) is 8. The summed E-state index contributed by atoms with van der Waals surface area (Å²) >= 11 is 0. The van der Waals surface area contributed by atoms with Crippen LogP contribution in [-0.2, 0) is 52.3 Å². The Morgan fingerprint density at radius 3 is 1.43 bits per heavy atom. The summed E-state index contributed by atoms with van der Waals surface area (Å²) in [5, 5.41) is 5.70. The molecule has 0 aromatic heterocycles. The van der Waals surface area contributed by atoms with Crippen molar-refractivity contribution in [1.82, 2.24) is 15.5 Å². The smallest absolute Gasteiger partial charge is 0.251 e. The van der Waals surface area contributed by atoms with E-state index in [4.69, 9.17) is 37.9 Å². The van der Waals surface area contributed by atoms with Gasteiger partial charge in [0.1, 0.15) is 0 Å². The standard InChI is InChI=1S/C35H63N3O11/c1-31-7-8-34(41)38(31)14-9-32(39)37-13-16-43-18-20-45-22-24-47-26-28-49-30-29-48-27-25-46-23-21-44-19-17-42-15-10-33(40)36-12-6-5-11-35(2,3)4/h7-8H,1,5-6,9-30H2,2-4H3,(H,36,40)(H,37,39). The van der Waals surface area contributed by atoms with Crippen molar-refractivity contribution < 1.29 is 52.3 Å². The lowest BCUT2D eigenvalue weighted by atomic mass is 9.90. The third-order valence-electron chi connectivity index (χ3n) is 6.92. The predicted octanol–water partition coefficient (Wildman–Crippen LogP) is 2.26. The molecule has 0 unspecified atom stereocenters. The van der Waals surface area contributed by atoms with Crippen LogP contribution >= 0.6 is 0 Å². The van der Waals surface area contributed by atoms with Gasteiger partial charge in [0.25, 0.3) is 5.91 Å². The molecule has 0 saturated heterocycles. The molecular formula is C35H63N3O11. The second-order valence-corrected chi connectivity index (χ2v) is 12.4. The SMILES string of the molecule is C=C1C=CC(=O)N1CCC(=O)NCCOCCOCCOCCOCCOCCOCCOCCOCCC(=O)NCCCCC(C)(C)C. The molecule has 0 spiro atoms. The van der Waals surface area contributed by atoms with Gasteiger partial charge in [-0.3, -0.25) is 14.4 Å². The lowest BCUT2D eigenvalue weighted by Gasteiger charge is -2.17. The highest BCUT2D eigenvalue weighted by atomic mass is 16.6. The van der Waals surface area contributed by atoms with Crippen LogP contribution in [0.15, 0.2) is 24.4 Å². The van der Waals surface area contributed by atoms with Gasteiger partial charge in [0.15, 0.2) is 0 Å². The van der Waals surface area contributed by atoms with Crippen LogP contribution in [0, 0.1) is 5.41 Å². The highest BCUT2D eigenvalue weighted by Crippen LogP contribution is 2.21. The predicted molar refractivity (Wildman–Crippen MR) is 185 cm³/mol. The van der Waals surface area contributed by atoms with Crippen molar-refractivity contribution in [1.29, 1.82) is 0 Å². The van der Waals surface area contributed by atoms with Crippen molar-refractivity contribution in [3.05, 3.63) is 24.4 Å². The molecular weight excluding hydrogens is 638 g/mol. The van der Waals surface area contributed by atoms with Gasteiger partial charge in [-0.05, 0) is 24.3 Å². The van der Waals surface area contributed by atoms with E-state index in [0.29, 0.717) is 136 Å². The maximum atomic E-state index is 11.9. The van der Waals surface area contributed by atoms with Crippen molar-refractivity contribution in [2.24, 2.45) is 5.41 Å². The molecule has 14 heteroatoms. The average Bonchev–Trinajstić information content (AvgIpc) is 3.38. The summed E-state index contributed by atoms with van der Waals surface area (Å²) in [4.78, 5) is 36.8. The normalized spacial score (nSPS) is 13.1. The quantitative estimate of drug-likeness (QED) is 0.0951. The van der Waals surface area contributed by atoms with Crippen LogP contribution in [0.1, 0.15) is 52.9 Å². The Morgan fingerprint density at radius 1 is 0.592 bits per heavy atom. The monoisotopic (exact) mass is 701 g/mol. The lowest BCUT2D eigenvalue weighted by Crippen LogP contribution is -2.32. The molecule has 1 rings (SSSR count). The van der Waals surface area contributed by atoms with Gasteiger partial charge in [-0.2, -0.15) is 0 Å². The number of hydrogen-bond acceptors (Lipinski definition) is 11. The molecule has 0 fully saturated rings. The molecule has 14 nitrogen and oxygen atoms in total. The molecule has 1 aliphatic heterocycles. The number of carbonyl (C=O) groups excluding carboxylic acids is 3. The van der Waals surface area contributed by atoms with Crippen LogP contribution in [0.4, 0.5) is 0 Å². The van der Waals surface area contributed by atoms with Crippen molar-refractivity contribution in [2.45, 2.75) is 52.9 Å². The fourth-order valence-electron chi connectivity index (χ4n) is 4.21. The van der Waals surface area contributed by atoms with E-state index >= 15 is 0 Å².